The van der Waals surface area contributed by atoms with Gasteiger partial charge in [-0.1, -0.05) is 120 Å². The van der Waals surface area contributed by atoms with Crippen molar-refractivity contribution in [3.63, 3.8) is 0 Å². The van der Waals surface area contributed by atoms with Gasteiger partial charge < -0.3 is 5.11 Å². The zero-order valence-corrected chi connectivity index (χ0v) is 20.2. The van der Waals surface area contributed by atoms with E-state index < -0.39 is 0 Å². The zero-order chi connectivity index (χ0) is 22.4. The molecule has 0 radical (unpaired) electrons. The number of unbranched alkanes of at least 4 members (excludes halogenated alkanes) is 3. The second-order valence-corrected chi connectivity index (χ2v) is 9.33. The summed E-state index contributed by atoms with van der Waals surface area (Å²) < 4.78 is 0. The SMILES string of the molecule is CCCCC(CCCC)(CCCC)[C@@H](O)CN(Cc1ccccc1)Cc1ccccc1. The summed E-state index contributed by atoms with van der Waals surface area (Å²) in [5, 5.41) is 11.7. The lowest BCUT2D eigenvalue weighted by molar-refractivity contribution is -0.0262. The van der Waals surface area contributed by atoms with Crippen molar-refractivity contribution in [3.05, 3.63) is 71.8 Å². The number of aliphatic hydroxyl groups is 1. The van der Waals surface area contributed by atoms with Gasteiger partial charge in [0, 0.05) is 19.6 Å². The van der Waals surface area contributed by atoms with Crippen molar-refractivity contribution >= 4 is 0 Å². The molecule has 0 aromatic heterocycles. The zero-order valence-electron chi connectivity index (χ0n) is 20.2. The fourth-order valence-electron chi connectivity index (χ4n) is 4.77. The Balaban J connectivity index is 2.23. The molecule has 2 rings (SSSR count). The highest BCUT2D eigenvalue weighted by atomic mass is 16.3. The second-order valence-electron chi connectivity index (χ2n) is 9.33. The van der Waals surface area contributed by atoms with Gasteiger partial charge in [-0.05, 0) is 35.8 Å². The van der Waals surface area contributed by atoms with E-state index in [1.807, 2.05) is 0 Å². The number of rotatable bonds is 16. The van der Waals surface area contributed by atoms with E-state index in [-0.39, 0.29) is 11.5 Å². The molecular weight excluding hydrogens is 378 g/mol. The average Bonchev–Trinajstić information content (AvgIpc) is 2.80. The summed E-state index contributed by atoms with van der Waals surface area (Å²) >= 11 is 0. The molecular formula is C29H45NO. The van der Waals surface area contributed by atoms with Crippen LogP contribution in [0.3, 0.4) is 0 Å². The van der Waals surface area contributed by atoms with Gasteiger partial charge in [-0.25, -0.2) is 0 Å². The van der Waals surface area contributed by atoms with E-state index in [0.717, 1.165) is 38.9 Å². The minimum absolute atomic E-state index is 0.0493. The molecule has 0 aliphatic rings. The summed E-state index contributed by atoms with van der Waals surface area (Å²) in [5.41, 5.74) is 2.67. The molecule has 2 heteroatoms. The third-order valence-corrected chi connectivity index (χ3v) is 6.72. The molecule has 0 bridgehead atoms. The van der Waals surface area contributed by atoms with Crippen LogP contribution in [0.2, 0.25) is 0 Å². The van der Waals surface area contributed by atoms with E-state index in [4.69, 9.17) is 0 Å². The van der Waals surface area contributed by atoms with Crippen molar-refractivity contribution in [2.75, 3.05) is 6.54 Å². The highest BCUT2D eigenvalue weighted by molar-refractivity contribution is 5.17. The van der Waals surface area contributed by atoms with Crippen LogP contribution in [0.15, 0.2) is 60.7 Å². The summed E-state index contributed by atoms with van der Waals surface area (Å²) in [7, 11) is 0. The maximum absolute atomic E-state index is 11.7. The normalized spacial score (nSPS) is 12.9. The molecule has 0 saturated heterocycles. The van der Waals surface area contributed by atoms with Gasteiger partial charge in [0.25, 0.3) is 0 Å². The van der Waals surface area contributed by atoms with Gasteiger partial charge in [-0.15, -0.1) is 0 Å². The number of benzene rings is 2. The summed E-state index contributed by atoms with van der Waals surface area (Å²) in [6, 6.07) is 21.4. The Kier molecular flexibility index (Phi) is 11.9. The molecule has 2 aromatic rings. The molecule has 172 valence electrons. The van der Waals surface area contributed by atoms with Crippen LogP contribution in [0.1, 0.15) is 89.7 Å². The lowest BCUT2D eigenvalue weighted by Gasteiger charge is -2.41. The Morgan fingerprint density at radius 1 is 0.677 bits per heavy atom. The van der Waals surface area contributed by atoms with E-state index in [1.165, 1.54) is 49.7 Å². The molecule has 0 fully saturated rings. The fraction of sp³-hybridized carbons (Fsp3) is 0.586. The van der Waals surface area contributed by atoms with E-state index in [2.05, 4.69) is 86.3 Å². The van der Waals surface area contributed by atoms with Crippen molar-refractivity contribution < 1.29 is 5.11 Å². The molecule has 0 amide bonds. The van der Waals surface area contributed by atoms with Gasteiger partial charge in [-0.2, -0.15) is 0 Å². The van der Waals surface area contributed by atoms with Crippen LogP contribution in [-0.2, 0) is 13.1 Å². The Bertz CT molecular complexity index is 621. The van der Waals surface area contributed by atoms with E-state index in [9.17, 15) is 5.11 Å². The maximum atomic E-state index is 11.7. The smallest absolute Gasteiger partial charge is 0.0723 e. The number of hydrogen-bond acceptors (Lipinski definition) is 2. The van der Waals surface area contributed by atoms with Crippen molar-refractivity contribution in [2.24, 2.45) is 5.41 Å². The van der Waals surface area contributed by atoms with Gasteiger partial charge in [0.05, 0.1) is 6.10 Å². The first kappa shape index (κ1) is 25.6. The van der Waals surface area contributed by atoms with E-state index >= 15 is 0 Å². The number of nitrogens with zero attached hydrogens (tertiary/aromatic N) is 1. The average molecular weight is 424 g/mol. The molecule has 2 aromatic carbocycles. The predicted octanol–water partition coefficient (Wildman–Crippen LogP) is 7.61. The quantitative estimate of drug-likeness (QED) is 0.300. The topological polar surface area (TPSA) is 23.5 Å². The summed E-state index contributed by atoms with van der Waals surface area (Å²) in [5.74, 6) is 0. The highest BCUT2D eigenvalue weighted by Crippen LogP contribution is 2.40. The lowest BCUT2D eigenvalue weighted by atomic mass is 9.70. The standard InChI is InChI=1S/C29H45NO/c1-4-7-20-29(21-8-5-2,22-9-6-3)28(31)25-30(23-26-16-12-10-13-17-26)24-27-18-14-11-15-19-27/h10-19,28,31H,4-9,20-25H2,1-3H3/t28-/m0/s1. The number of aliphatic hydroxyl groups excluding tert-OH is 1. The van der Waals surface area contributed by atoms with Crippen LogP contribution in [0.4, 0.5) is 0 Å². The molecule has 0 heterocycles. The molecule has 0 aliphatic heterocycles. The molecule has 0 saturated carbocycles. The first-order valence-corrected chi connectivity index (χ1v) is 12.6. The van der Waals surface area contributed by atoms with Crippen molar-refractivity contribution in [1.29, 1.82) is 0 Å². The fourth-order valence-corrected chi connectivity index (χ4v) is 4.77. The van der Waals surface area contributed by atoms with E-state index in [0.29, 0.717) is 0 Å². The Labute approximate surface area is 191 Å². The minimum Gasteiger partial charge on any atom is -0.391 e. The predicted molar refractivity (Wildman–Crippen MR) is 134 cm³/mol. The van der Waals surface area contributed by atoms with Crippen LogP contribution in [-0.4, -0.2) is 22.7 Å². The van der Waals surface area contributed by atoms with Gasteiger partial charge in [-0.3, -0.25) is 4.90 Å². The Morgan fingerprint density at radius 2 is 1.06 bits per heavy atom. The van der Waals surface area contributed by atoms with Gasteiger partial charge in [0.1, 0.15) is 0 Å². The summed E-state index contributed by atoms with van der Waals surface area (Å²) in [4.78, 5) is 2.45. The monoisotopic (exact) mass is 423 g/mol. The molecule has 31 heavy (non-hydrogen) atoms. The largest absolute Gasteiger partial charge is 0.391 e. The van der Waals surface area contributed by atoms with E-state index in [1.54, 1.807) is 0 Å². The first-order chi connectivity index (χ1) is 15.1. The second kappa shape index (κ2) is 14.4. The highest BCUT2D eigenvalue weighted by Gasteiger charge is 2.37. The van der Waals surface area contributed by atoms with Crippen molar-refractivity contribution in [3.8, 4) is 0 Å². The Hall–Kier alpha value is -1.64. The molecule has 0 spiro atoms. The molecule has 1 atom stereocenters. The van der Waals surface area contributed by atoms with Crippen LogP contribution in [0.5, 0.6) is 0 Å². The molecule has 1 N–H and O–H groups in total. The van der Waals surface area contributed by atoms with Gasteiger partial charge in [0.15, 0.2) is 0 Å². The van der Waals surface area contributed by atoms with Crippen LogP contribution in [0, 0.1) is 5.41 Å². The molecule has 0 unspecified atom stereocenters. The third-order valence-electron chi connectivity index (χ3n) is 6.72. The Morgan fingerprint density at radius 3 is 1.42 bits per heavy atom. The summed E-state index contributed by atoms with van der Waals surface area (Å²) in [6.07, 6.45) is 10.4. The van der Waals surface area contributed by atoms with Crippen LogP contribution >= 0.6 is 0 Å². The van der Waals surface area contributed by atoms with Crippen LogP contribution in [0.25, 0.3) is 0 Å². The summed E-state index contributed by atoms with van der Waals surface area (Å²) in [6.45, 7) is 9.30. The number of hydrogen-bond donors (Lipinski definition) is 1. The minimum atomic E-state index is -0.287. The first-order valence-electron chi connectivity index (χ1n) is 12.6. The van der Waals surface area contributed by atoms with Crippen molar-refractivity contribution in [1.82, 2.24) is 4.90 Å². The maximum Gasteiger partial charge on any atom is 0.0723 e. The van der Waals surface area contributed by atoms with Gasteiger partial charge >= 0.3 is 0 Å². The molecule has 2 nitrogen and oxygen atoms in total. The van der Waals surface area contributed by atoms with Crippen molar-refractivity contribution in [2.45, 2.75) is 97.8 Å². The van der Waals surface area contributed by atoms with Crippen LogP contribution < -0.4 is 0 Å². The molecule has 0 aliphatic carbocycles. The van der Waals surface area contributed by atoms with Gasteiger partial charge in [0.2, 0.25) is 0 Å². The lowest BCUT2D eigenvalue weighted by Crippen LogP contribution is -2.43. The third kappa shape index (κ3) is 8.79.